The van der Waals surface area contributed by atoms with Crippen molar-refractivity contribution in [3.63, 3.8) is 0 Å². The first-order chi connectivity index (χ1) is 7.16. The third kappa shape index (κ3) is 2.86. The normalized spacial score (nSPS) is 24.8. The number of carbonyl (C=O) groups excluding carboxylic acids is 2. The van der Waals surface area contributed by atoms with E-state index in [1.807, 2.05) is 0 Å². The van der Waals surface area contributed by atoms with Gasteiger partial charge in [-0.25, -0.2) is 0 Å². The second-order valence-corrected chi connectivity index (χ2v) is 4.31. The Balaban J connectivity index is 0.00000128. The predicted octanol–water partition coefficient (Wildman–Crippen LogP) is -0.410. The molecule has 2 N–H and O–H groups in total. The van der Waals surface area contributed by atoms with Gasteiger partial charge in [-0.15, -0.1) is 12.4 Å². The highest BCUT2D eigenvalue weighted by atomic mass is 35.5. The zero-order valence-electron chi connectivity index (χ0n) is 9.22. The summed E-state index contributed by atoms with van der Waals surface area (Å²) in [4.78, 5) is 26.5. The van der Waals surface area contributed by atoms with Crippen molar-refractivity contribution >= 4 is 24.2 Å². The highest BCUT2D eigenvalue weighted by Gasteiger charge is 2.28. The number of halogens is 1. The Bertz CT molecular complexity index is 285. The third-order valence-electron chi connectivity index (χ3n) is 3.07. The molecule has 16 heavy (non-hydrogen) atoms. The molecule has 2 heterocycles. The molecule has 2 aliphatic heterocycles. The Kier molecular flexibility index (Phi) is 4.56. The SMILES string of the molecule is Cl.N[C@@H]1CCN(C(=O)CN2CCCC2=O)C1. The summed E-state index contributed by atoms with van der Waals surface area (Å²) in [5, 5.41) is 0. The largest absolute Gasteiger partial charge is 0.340 e. The Morgan fingerprint density at radius 1 is 1.44 bits per heavy atom. The molecule has 92 valence electrons. The molecule has 0 aromatic heterocycles. The first kappa shape index (κ1) is 13.3. The minimum atomic E-state index is 0. The molecule has 5 nitrogen and oxygen atoms in total. The van der Waals surface area contributed by atoms with Crippen LogP contribution in [0.3, 0.4) is 0 Å². The van der Waals surface area contributed by atoms with Gasteiger partial charge in [0.25, 0.3) is 0 Å². The van der Waals surface area contributed by atoms with Gasteiger partial charge in [0.15, 0.2) is 0 Å². The van der Waals surface area contributed by atoms with E-state index >= 15 is 0 Å². The standard InChI is InChI=1S/C10H17N3O2.ClH/c11-8-3-5-13(6-8)10(15)7-12-4-1-2-9(12)14;/h8H,1-7,11H2;1H/t8-;/m1./s1. The van der Waals surface area contributed by atoms with Gasteiger partial charge in [-0.1, -0.05) is 0 Å². The molecule has 0 aromatic carbocycles. The number of hydrogen-bond donors (Lipinski definition) is 1. The lowest BCUT2D eigenvalue weighted by molar-refractivity contribution is -0.137. The van der Waals surface area contributed by atoms with E-state index in [1.165, 1.54) is 0 Å². The van der Waals surface area contributed by atoms with Gasteiger partial charge < -0.3 is 15.5 Å². The summed E-state index contributed by atoms with van der Waals surface area (Å²) in [6, 6.07) is 0.114. The van der Waals surface area contributed by atoms with Crippen molar-refractivity contribution in [2.24, 2.45) is 5.73 Å². The molecule has 2 saturated heterocycles. The van der Waals surface area contributed by atoms with Crippen LogP contribution in [0.25, 0.3) is 0 Å². The van der Waals surface area contributed by atoms with E-state index in [-0.39, 0.29) is 36.8 Å². The zero-order chi connectivity index (χ0) is 10.8. The maximum Gasteiger partial charge on any atom is 0.242 e. The monoisotopic (exact) mass is 247 g/mol. The van der Waals surface area contributed by atoms with Crippen LogP contribution in [0.2, 0.25) is 0 Å². The van der Waals surface area contributed by atoms with Crippen molar-refractivity contribution in [1.29, 1.82) is 0 Å². The lowest BCUT2D eigenvalue weighted by atomic mass is 10.3. The fraction of sp³-hybridized carbons (Fsp3) is 0.800. The molecule has 6 heteroatoms. The van der Waals surface area contributed by atoms with Crippen LogP contribution in [0.4, 0.5) is 0 Å². The van der Waals surface area contributed by atoms with E-state index < -0.39 is 0 Å². The van der Waals surface area contributed by atoms with E-state index in [1.54, 1.807) is 9.80 Å². The van der Waals surface area contributed by atoms with Crippen LogP contribution in [-0.4, -0.2) is 53.8 Å². The predicted molar refractivity (Wildman–Crippen MR) is 62.2 cm³/mol. The van der Waals surface area contributed by atoms with Crippen molar-refractivity contribution in [3.8, 4) is 0 Å². The maximum atomic E-state index is 11.8. The van der Waals surface area contributed by atoms with Crippen molar-refractivity contribution in [2.75, 3.05) is 26.2 Å². The summed E-state index contributed by atoms with van der Waals surface area (Å²) >= 11 is 0. The molecule has 0 aromatic rings. The van der Waals surface area contributed by atoms with Gasteiger partial charge in [0.1, 0.15) is 0 Å². The molecule has 0 radical (unpaired) electrons. The topological polar surface area (TPSA) is 66.6 Å². The minimum Gasteiger partial charge on any atom is -0.340 e. The molecule has 0 aliphatic carbocycles. The summed E-state index contributed by atoms with van der Waals surface area (Å²) in [7, 11) is 0. The summed E-state index contributed by atoms with van der Waals surface area (Å²) in [6.07, 6.45) is 2.35. The van der Waals surface area contributed by atoms with Crippen LogP contribution in [-0.2, 0) is 9.59 Å². The third-order valence-corrected chi connectivity index (χ3v) is 3.07. The molecular formula is C10H18ClN3O2. The van der Waals surface area contributed by atoms with Crippen LogP contribution in [0.15, 0.2) is 0 Å². The van der Waals surface area contributed by atoms with Gasteiger partial charge in [-0.05, 0) is 12.8 Å². The molecule has 2 rings (SSSR count). The van der Waals surface area contributed by atoms with Crippen LogP contribution < -0.4 is 5.73 Å². The Morgan fingerprint density at radius 2 is 2.19 bits per heavy atom. The molecule has 2 amide bonds. The van der Waals surface area contributed by atoms with E-state index in [0.717, 1.165) is 25.9 Å². The van der Waals surface area contributed by atoms with Crippen LogP contribution >= 0.6 is 12.4 Å². The molecule has 0 saturated carbocycles. The Hall–Kier alpha value is -0.810. The fourth-order valence-electron chi connectivity index (χ4n) is 2.15. The summed E-state index contributed by atoms with van der Waals surface area (Å²) in [6.45, 7) is 2.35. The second-order valence-electron chi connectivity index (χ2n) is 4.31. The van der Waals surface area contributed by atoms with Crippen LogP contribution in [0, 0.1) is 0 Å². The van der Waals surface area contributed by atoms with Crippen molar-refractivity contribution < 1.29 is 9.59 Å². The molecule has 0 unspecified atom stereocenters. The zero-order valence-corrected chi connectivity index (χ0v) is 10.0. The average molecular weight is 248 g/mol. The minimum absolute atomic E-state index is 0. The van der Waals surface area contributed by atoms with Gasteiger partial charge in [-0.3, -0.25) is 9.59 Å². The van der Waals surface area contributed by atoms with Crippen molar-refractivity contribution in [2.45, 2.75) is 25.3 Å². The lowest BCUT2D eigenvalue weighted by Gasteiger charge is -2.20. The number of carbonyl (C=O) groups is 2. The summed E-state index contributed by atoms with van der Waals surface area (Å²) in [5.41, 5.74) is 5.72. The molecule has 0 bridgehead atoms. The molecule has 2 aliphatic rings. The smallest absolute Gasteiger partial charge is 0.242 e. The van der Waals surface area contributed by atoms with Gasteiger partial charge >= 0.3 is 0 Å². The quantitative estimate of drug-likeness (QED) is 0.722. The molecule has 0 spiro atoms. The van der Waals surface area contributed by atoms with Gasteiger partial charge in [0.2, 0.25) is 11.8 Å². The number of nitrogens with two attached hydrogens (primary N) is 1. The van der Waals surface area contributed by atoms with Crippen molar-refractivity contribution in [3.05, 3.63) is 0 Å². The number of rotatable bonds is 2. The fourth-order valence-corrected chi connectivity index (χ4v) is 2.15. The second kappa shape index (κ2) is 5.50. The maximum absolute atomic E-state index is 11.8. The number of hydrogen-bond acceptors (Lipinski definition) is 3. The van der Waals surface area contributed by atoms with Gasteiger partial charge in [-0.2, -0.15) is 0 Å². The average Bonchev–Trinajstić information content (AvgIpc) is 2.77. The first-order valence-electron chi connectivity index (χ1n) is 5.48. The van der Waals surface area contributed by atoms with Crippen LogP contribution in [0.1, 0.15) is 19.3 Å². The molecule has 2 fully saturated rings. The Morgan fingerprint density at radius 3 is 2.69 bits per heavy atom. The number of amides is 2. The van der Waals surface area contributed by atoms with Crippen LogP contribution in [0.5, 0.6) is 0 Å². The first-order valence-corrected chi connectivity index (χ1v) is 5.48. The van der Waals surface area contributed by atoms with E-state index in [9.17, 15) is 9.59 Å². The Labute approximate surface area is 101 Å². The number of likely N-dealkylation sites (tertiary alicyclic amines) is 2. The van der Waals surface area contributed by atoms with Gasteiger partial charge in [0.05, 0.1) is 6.54 Å². The molecule has 1 atom stereocenters. The number of nitrogens with zero attached hydrogens (tertiary/aromatic N) is 2. The van der Waals surface area contributed by atoms with Crippen molar-refractivity contribution in [1.82, 2.24) is 9.80 Å². The van der Waals surface area contributed by atoms with Gasteiger partial charge in [0, 0.05) is 32.1 Å². The lowest BCUT2D eigenvalue weighted by Crippen LogP contribution is -2.40. The molecular weight excluding hydrogens is 230 g/mol. The van der Waals surface area contributed by atoms with E-state index in [4.69, 9.17) is 5.73 Å². The van der Waals surface area contributed by atoms with E-state index in [0.29, 0.717) is 13.0 Å². The highest BCUT2D eigenvalue weighted by molar-refractivity contribution is 5.86. The summed E-state index contributed by atoms with van der Waals surface area (Å²) in [5.74, 6) is 0.144. The summed E-state index contributed by atoms with van der Waals surface area (Å²) < 4.78 is 0. The highest BCUT2D eigenvalue weighted by Crippen LogP contribution is 2.12. The van der Waals surface area contributed by atoms with E-state index in [2.05, 4.69) is 0 Å².